The summed E-state index contributed by atoms with van der Waals surface area (Å²) in [6.45, 7) is 3.16. The van der Waals surface area contributed by atoms with E-state index >= 15 is 0 Å². The maximum absolute atomic E-state index is 13.6. The van der Waals surface area contributed by atoms with Gasteiger partial charge in [0.2, 0.25) is 11.5 Å². The number of aromatic amines is 1. The molecule has 1 aromatic heterocycles. The maximum Gasteiger partial charge on any atom is 0.253 e. The van der Waals surface area contributed by atoms with Crippen LogP contribution in [0.4, 0.5) is 0 Å². The Labute approximate surface area is 252 Å². The van der Waals surface area contributed by atoms with Crippen molar-refractivity contribution in [2.75, 3.05) is 54.6 Å². The van der Waals surface area contributed by atoms with Gasteiger partial charge < -0.3 is 29.0 Å². The van der Waals surface area contributed by atoms with E-state index in [2.05, 4.69) is 27.0 Å². The standard InChI is InChI=1S/C34H40N4O5/c1-37(34(40)26-20-29(41-2)32(43-4)30(21-26)42-3)22-25(23-10-6-5-7-11-23)16-19-38-17-14-24(15-18-38)31(39)33-35-27-12-8-9-13-28(27)36-33/h5-13,20-21,24-25H,14-19,22H2,1-4H3,(H,35,36). The van der Waals surface area contributed by atoms with Crippen LogP contribution in [0.5, 0.6) is 17.2 Å². The highest BCUT2D eigenvalue weighted by molar-refractivity contribution is 5.97. The van der Waals surface area contributed by atoms with Crippen molar-refractivity contribution in [1.29, 1.82) is 0 Å². The van der Waals surface area contributed by atoms with Crippen LogP contribution in [0.1, 0.15) is 51.7 Å². The third-order valence-electron chi connectivity index (χ3n) is 8.40. The molecule has 5 rings (SSSR count). The average Bonchev–Trinajstić information content (AvgIpc) is 3.50. The first kappa shape index (κ1) is 30.1. The summed E-state index contributed by atoms with van der Waals surface area (Å²) in [6.07, 6.45) is 2.51. The number of ketones is 1. The van der Waals surface area contributed by atoms with Crippen LogP contribution in [-0.2, 0) is 0 Å². The molecule has 1 aliphatic rings. The summed E-state index contributed by atoms with van der Waals surface area (Å²) in [7, 11) is 6.45. The van der Waals surface area contributed by atoms with Gasteiger partial charge in [-0.25, -0.2) is 4.98 Å². The number of likely N-dealkylation sites (N-methyl/N-ethyl adjacent to an activating group) is 1. The van der Waals surface area contributed by atoms with E-state index < -0.39 is 0 Å². The van der Waals surface area contributed by atoms with Crippen molar-refractivity contribution in [2.45, 2.75) is 25.2 Å². The molecule has 226 valence electrons. The molecule has 3 aromatic carbocycles. The van der Waals surface area contributed by atoms with E-state index in [1.54, 1.807) is 24.1 Å². The van der Waals surface area contributed by atoms with Crippen LogP contribution >= 0.6 is 0 Å². The summed E-state index contributed by atoms with van der Waals surface area (Å²) in [4.78, 5) is 38.6. The summed E-state index contributed by atoms with van der Waals surface area (Å²) in [5.74, 6) is 1.91. The van der Waals surface area contributed by atoms with Gasteiger partial charge in [0, 0.05) is 31.0 Å². The molecule has 1 atom stereocenters. The van der Waals surface area contributed by atoms with Crippen molar-refractivity contribution in [3.8, 4) is 17.2 Å². The highest BCUT2D eigenvalue weighted by Gasteiger charge is 2.29. The number of Topliss-reactive ketones (excluding diaryl/α,β-unsaturated/α-hetero) is 1. The van der Waals surface area contributed by atoms with Crippen molar-refractivity contribution in [1.82, 2.24) is 19.8 Å². The number of para-hydroxylation sites is 2. The van der Waals surface area contributed by atoms with Crippen molar-refractivity contribution in [3.05, 3.63) is 83.7 Å². The molecular weight excluding hydrogens is 544 g/mol. The molecule has 0 saturated carbocycles. The molecule has 0 aliphatic carbocycles. The van der Waals surface area contributed by atoms with Crippen LogP contribution in [0.25, 0.3) is 11.0 Å². The average molecular weight is 585 g/mol. The zero-order valence-electron chi connectivity index (χ0n) is 25.3. The van der Waals surface area contributed by atoms with E-state index in [0.29, 0.717) is 35.2 Å². The van der Waals surface area contributed by atoms with Crippen LogP contribution in [-0.4, -0.2) is 86.0 Å². The summed E-state index contributed by atoms with van der Waals surface area (Å²) >= 11 is 0. The van der Waals surface area contributed by atoms with Crippen molar-refractivity contribution >= 4 is 22.7 Å². The largest absolute Gasteiger partial charge is 0.493 e. The first-order valence-corrected chi connectivity index (χ1v) is 14.7. The van der Waals surface area contributed by atoms with E-state index in [9.17, 15) is 9.59 Å². The fourth-order valence-electron chi connectivity index (χ4n) is 5.95. The molecule has 4 aromatic rings. The Balaban J connectivity index is 1.21. The number of likely N-dealkylation sites (tertiary alicyclic amines) is 1. The summed E-state index contributed by atoms with van der Waals surface area (Å²) in [5.41, 5.74) is 3.38. The Morgan fingerprint density at radius 1 is 0.953 bits per heavy atom. The molecule has 1 unspecified atom stereocenters. The number of rotatable bonds is 12. The Hall–Kier alpha value is -4.37. The molecule has 9 nitrogen and oxygen atoms in total. The number of benzene rings is 3. The minimum Gasteiger partial charge on any atom is -0.493 e. The Bertz CT molecular complexity index is 1490. The van der Waals surface area contributed by atoms with Gasteiger partial charge in [-0.2, -0.15) is 0 Å². The predicted molar refractivity (Wildman–Crippen MR) is 166 cm³/mol. The first-order valence-electron chi connectivity index (χ1n) is 14.7. The molecule has 0 bridgehead atoms. The number of hydrogen-bond acceptors (Lipinski definition) is 7. The number of imidazole rings is 1. The van der Waals surface area contributed by atoms with Gasteiger partial charge in [0.05, 0.1) is 32.4 Å². The van der Waals surface area contributed by atoms with Crippen molar-refractivity contribution < 1.29 is 23.8 Å². The first-order chi connectivity index (χ1) is 20.9. The van der Waals surface area contributed by atoms with E-state index in [0.717, 1.165) is 49.9 Å². The van der Waals surface area contributed by atoms with Gasteiger partial charge in [-0.05, 0) is 68.7 Å². The van der Waals surface area contributed by atoms with Gasteiger partial charge in [-0.15, -0.1) is 0 Å². The second-order valence-corrected chi connectivity index (χ2v) is 11.1. The van der Waals surface area contributed by atoms with Gasteiger partial charge in [0.25, 0.3) is 5.91 Å². The van der Waals surface area contributed by atoms with E-state index in [1.807, 2.05) is 49.5 Å². The minimum atomic E-state index is -0.120. The number of ether oxygens (including phenoxy) is 3. The molecule has 1 fully saturated rings. The monoisotopic (exact) mass is 584 g/mol. The second-order valence-electron chi connectivity index (χ2n) is 11.1. The van der Waals surface area contributed by atoms with Crippen LogP contribution in [0.15, 0.2) is 66.7 Å². The van der Waals surface area contributed by atoms with Gasteiger partial charge in [-0.1, -0.05) is 42.5 Å². The van der Waals surface area contributed by atoms with E-state index in [1.165, 1.54) is 19.8 Å². The van der Waals surface area contributed by atoms with Gasteiger partial charge in [0.15, 0.2) is 17.3 Å². The van der Waals surface area contributed by atoms with Crippen LogP contribution in [0.3, 0.4) is 0 Å². The number of methoxy groups -OCH3 is 3. The molecule has 1 N–H and O–H groups in total. The molecule has 9 heteroatoms. The lowest BCUT2D eigenvalue weighted by atomic mass is 9.90. The third-order valence-corrected chi connectivity index (χ3v) is 8.40. The van der Waals surface area contributed by atoms with Crippen molar-refractivity contribution in [3.63, 3.8) is 0 Å². The normalized spacial score (nSPS) is 14.8. The van der Waals surface area contributed by atoms with Crippen LogP contribution in [0, 0.1) is 5.92 Å². The van der Waals surface area contributed by atoms with Gasteiger partial charge >= 0.3 is 0 Å². The molecule has 1 amide bonds. The zero-order valence-corrected chi connectivity index (χ0v) is 25.3. The fourth-order valence-corrected chi connectivity index (χ4v) is 5.95. The molecular formula is C34H40N4O5. The van der Waals surface area contributed by atoms with Crippen LogP contribution < -0.4 is 14.2 Å². The number of carbonyl (C=O) groups excluding carboxylic acids is 2. The van der Waals surface area contributed by atoms with Gasteiger partial charge in [0.1, 0.15) is 0 Å². The number of nitrogens with zero attached hydrogens (tertiary/aromatic N) is 3. The lowest BCUT2D eigenvalue weighted by molar-refractivity contribution is 0.0779. The molecule has 1 aliphatic heterocycles. The third kappa shape index (κ3) is 6.83. The number of piperidine rings is 1. The molecule has 0 spiro atoms. The lowest BCUT2D eigenvalue weighted by Gasteiger charge is -2.33. The highest BCUT2D eigenvalue weighted by atomic mass is 16.5. The zero-order chi connectivity index (χ0) is 30.3. The number of carbonyl (C=O) groups is 2. The fraction of sp³-hybridized carbons (Fsp3) is 0.382. The Morgan fingerprint density at radius 3 is 2.23 bits per heavy atom. The summed E-state index contributed by atoms with van der Waals surface area (Å²) in [6, 6.07) is 21.5. The second kappa shape index (κ2) is 13.7. The number of H-pyrrole nitrogens is 1. The number of amides is 1. The van der Waals surface area contributed by atoms with Crippen LogP contribution in [0.2, 0.25) is 0 Å². The maximum atomic E-state index is 13.6. The smallest absolute Gasteiger partial charge is 0.253 e. The SMILES string of the molecule is COc1cc(C(=O)N(C)CC(CCN2CCC(C(=O)c3nc4ccccc4[nH]3)CC2)c2ccccc2)cc(OC)c1OC. The Morgan fingerprint density at radius 2 is 1.60 bits per heavy atom. The van der Waals surface area contributed by atoms with E-state index in [-0.39, 0.29) is 23.5 Å². The number of nitrogens with one attached hydrogen (secondary N) is 1. The molecule has 43 heavy (non-hydrogen) atoms. The topological polar surface area (TPSA) is 97.0 Å². The highest BCUT2D eigenvalue weighted by Crippen LogP contribution is 2.38. The molecule has 1 saturated heterocycles. The van der Waals surface area contributed by atoms with Crippen molar-refractivity contribution in [2.24, 2.45) is 5.92 Å². The van der Waals surface area contributed by atoms with Gasteiger partial charge in [-0.3, -0.25) is 9.59 Å². The number of hydrogen-bond donors (Lipinski definition) is 1. The Kier molecular flexibility index (Phi) is 9.61. The minimum absolute atomic E-state index is 0.0241. The summed E-state index contributed by atoms with van der Waals surface area (Å²) in [5, 5.41) is 0. The number of aromatic nitrogens is 2. The lowest BCUT2D eigenvalue weighted by Crippen LogP contribution is -2.38. The number of fused-ring (bicyclic) bond motifs is 1. The summed E-state index contributed by atoms with van der Waals surface area (Å²) < 4.78 is 16.3. The molecule has 2 heterocycles. The van der Waals surface area contributed by atoms with E-state index in [4.69, 9.17) is 14.2 Å². The quantitative estimate of drug-likeness (QED) is 0.222. The predicted octanol–water partition coefficient (Wildman–Crippen LogP) is 5.43. The molecule has 0 radical (unpaired) electrons.